The second kappa shape index (κ2) is 6.96. The minimum Gasteiger partial charge on any atom is -0.460 e. The molecule has 0 bridgehead atoms. The summed E-state index contributed by atoms with van der Waals surface area (Å²) in [6.07, 6.45) is 0.748. The highest BCUT2D eigenvalue weighted by Crippen LogP contribution is 2.20. The Labute approximate surface area is 146 Å². The predicted octanol–water partition coefficient (Wildman–Crippen LogP) is 2.78. The second-order valence-corrected chi connectivity index (χ2v) is 6.05. The van der Waals surface area contributed by atoms with E-state index in [2.05, 4.69) is 34.5 Å². The molecule has 0 spiro atoms. The van der Waals surface area contributed by atoms with Crippen LogP contribution in [0.4, 0.5) is 0 Å². The maximum atomic E-state index is 12.3. The van der Waals surface area contributed by atoms with Crippen LogP contribution in [0.2, 0.25) is 0 Å². The van der Waals surface area contributed by atoms with Crippen LogP contribution in [0.1, 0.15) is 40.1 Å². The van der Waals surface area contributed by atoms with E-state index in [-0.39, 0.29) is 5.91 Å². The molecule has 0 fully saturated rings. The first kappa shape index (κ1) is 17.0. The molecule has 0 aliphatic carbocycles. The molecule has 3 rings (SSSR count). The van der Waals surface area contributed by atoms with Crippen molar-refractivity contribution in [3.8, 4) is 11.5 Å². The minimum atomic E-state index is -0.205. The Morgan fingerprint density at radius 3 is 2.76 bits per heavy atom. The molecule has 0 aromatic carbocycles. The monoisotopic (exact) mass is 341 g/mol. The van der Waals surface area contributed by atoms with E-state index in [1.165, 1.54) is 5.56 Å². The molecule has 0 aliphatic rings. The first-order valence-electron chi connectivity index (χ1n) is 8.43. The van der Waals surface area contributed by atoms with Crippen LogP contribution in [-0.4, -0.2) is 32.4 Å². The van der Waals surface area contributed by atoms with E-state index >= 15 is 0 Å². The van der Waals surface area contributed by atoms with E-state index in [9.17, 15) is 4.79 Å². The van der Waals surface area contributed by atoms with Gasteiger partial charge in [0.1, 0.15) is 11.5 Å². The molecule has 7 heteroatoms. The maximum absolute atomic E-state index is 12.3. The van der Waals surface area contributed by atoms with Crippen LogP contribution >= 0.6 is 0 Å². The molecule has 25 heavy (non-hydrogen) atoms. The molecule has 132 valence electrons. The molecule has 1 amide bonds. The molecular formula is C18H23N5O2. The van der Waals surface area contributed by atoms with Gasteiger partial charge < -0.3 is 9.73 Å². The molecule has 0 radical (unpaired) electrons. The lowest BCUT2D eigenvalue weighted by Crippen LogP contribution is -2.26. The van der Waals surface area contributed by atoms with E-state index in [1.54, 1.807) is 6.07 Å². The number of furan rings is 1. The van der Waals surface area contributed by atoms with Gasteiger partial charge in [0.2, 0.25) is 0 Å². The highest BCUT2D eigenvalue weighted by Gasteiger charge is 2.14. The average Bonchev–Trinajstić information content (AvgIpc) is 3.29. The highest BCUT2D eigenvalue weighted by molar-refractivity contribution is 5.93. The number of nitrogens with zero attached hydrogens (tertiary/aromatic N) is 3. The van der Waals surface area contributed by atoms with Gasteiger partial charge in [0.25, 0.3) is 5.91 Å². The Morgan fingerprint density at radius 2 is 2.12 bits per heavy atom. The van der Waals surface area contributed by atoms with Crippen LogP contribution in [0, 0.1) is 20.8 Å². The van der Waals surface area contributed by atoms with E-state index < -0.39 is 0 Å². The van der Waals surface area contributed by atoms with Gasteiger partial charge in [0.05, 0.1) is 5.69 Å². The van der Waals surface area contributed by atoms with Gasteiger partial charge in [-0.05, 0) is 51.8 Å². The number of aromatic amines is 1. The van der Waals surface area contributed by atoms with Gasteiger partial charge in [-0.3, -0.25) is 14.6 Å². The summed E-state index contributed by atoms with van der Waals surface area (Å²) in [6.45, 7) is 9.39. The Morgan fingerprint density at radius 1 is 1.32 bits per heavy atom. The number of carbonyl (C=O) groups is 1. The second-order valence-electron chi connectivity index (χ2n) is 6.05. The van der Waals surface area contributed by atoms with Gasteiger partial charge in [-0.15, -0.1) is 0 Å². The van der Waals surface area contributed by atoms with Crippen LogP contribution in [-0.2, 0) is 13.0 Å². The molecule has 3 aromatic rings. The number of hydrogen-bond donors (Lipinski definition) is 2. The fourth-order valence-electron chi connectivity index (χ4n) is 2.94. The van der Waals surface area contributed by atoms with E-state index in [0.717, 1.165) is 30.1 Å². The van der Waals surface area contributed by atoms with E-state index in [0.29, 0.717) is 23.7 Å². The molecule has 0 saturated heterocycles. The fraction of sp³-hybridized carbons (Fsp3) is 0.389. The lowest BCUT2D eigenvalue weighted by Gasteiger charge is -2.04. The van der Waals surface area contributed by atoms with Crippen molar-refractivity contribution in [2.24, 2.45) is 0 Å². The summed E-state index contributed by atoms with van der Waals surface area (Å²) in [5.74, 6) is 1.28. The normalized spacial score (nSPS) is 11.0. The predicted molar refractivity (Wildman–Crippen MR) is 94.4 cm³/mol. The lowest BCUT2D eigenvalue weighted by molar-refractivity contribution is 0.0949. The van der Waals surface area contributed by atoms with Crippen molar-refractivity contribution < 1.29 is 9.21 Å². The Kier molecular flexibility index (Phi) is 4.74. The quantitative estimate of drug-likeness (QED) is 0.721. The number of H-pyrrole nitrogens is 1. The third-order valence-corrected chi connectivity index (χ3v) is 4.31. The molecule has 7 nitrogen and oxygen atoms in total. The first-order valence-corrected chi connectivity index (χ1v) is 8.43. The fourth-order valence-corrected chi connectivity index (χ4v) is 2.94. The van der Waals surface area contributed by atoms with E-state index in [4.69, 9.17) is 4.42 Å². The molecule has 0 aliphatic heterocycles. The van der Waals surface area contributed by atoms with Crippen molar-refractivity contribution in [2.45, 2.75) is 40.7 Å². The van der Waals surface area contributed by atoms with Crippen LogP contribution in [0.15, 0.2) is 22.6 Å². The number of aromatic nitrogens is 4. The first-order chi connectivity index (χ1) is 12.0. The summed E-state index contributed by atoms with van der Waals surface area (Å²) < 4.78 is 7.51. The summed E-state index contributed by atoms with van der Waals surface area (Å²) in [7, 11) is 0. The summed E-state index contributed by atoms with van der Waals surface area (Å²) >= 11 is 0. The van der Waals surface area contributed by atoms with Crippen LogP contribution in [0.3, 0.4) is 0 Å². The highest BCUT2D eigenvalue weighted by atomic mass is 16.3. The molecule has 3 aromatic heterocycles. The largest absolute Gasteiger partial charge is 0.460 e. The number of amides is 1. The van der Waals surface area contributed by atoms with Gasteiger partial charge in [0.15, 0.2) is 11.5 Å². The van der Waals surface area contributed by atoms with Crippen molar-refractivity contribution in [2.75, 3.05) is 6.54 Å². The summed E-state index contributed by atoms with van der Waals surface area (Å²) in [6, 6.07) is 5.41. The molecule has 2 N–H and O–H groups in total. The molecule has 0 saturated carbocycles. The summed E-state index contributed by atoms with van der Waals surface area (Å²) in [5, 5.41) is 14.3. The third-order valence-electron chi connectivity index (χ3n) is 4.31. The van der Waals surface area contributed by atoms with Crippen LogP contribution in [0.25, 0.3) is 11.5 Å². The van der Waals surface area contributed by atoms with Gasteiger partial charge in [-0.1, -0.05) is 0 Å². The van der Waals surface area contributed by atoms with Gasteiger partial charge in [-0.2, -0.15) is 10.2 Å². The Bertz CT molecular complexity index is 887. The Balaban J connectivity index is 1.60. The van der Waals surface area contributed by atoms with E-state index in [1.807, 2.05) is 30.7 Å². The van der Waals surface area contributed by atoms with Crippen molar-refractivity contribution in [3.05, 3.63) is 46.6 Å². The minimum absolute atomic E-state index is 0.205. The smallest absolute Gasteiger partial charge is 0.271 e. The zero-order chi connectivity index (χ0) is 18.0. The number of hydrogen-bond acceptors (Lipinski definition) is 4. The standard InChI is InChI=1S/C18H23N5O2/c1-5-23-13(4)14(12(3)22-23)8-9-19-18(24)16-10-15(20-21-16)17-7-6-11(2)25-17/h6-7,10H,5,8-9H2,1-4H3,(H,19,24)(H,20,21). The van der Waals surface area contributed by atoms with Crippen molar-refractivity contribution in [3.63, 3.8) is 0 Å². The zero-order valence-electron chi connectivity index (χ0n) is 15.0. The van der Waals surface area contributed by atoms with Crippen molar-refractivity contribution in [1.29, 1.82) is 0 Å². The molecule has 0 atom stereocenters. The van der Waals surface area contributed by atoms with Gasteiger partial charge >= 0.3 is 0 Å². The Hall–Kier alpha value is -2.83. The number of nitrogens with one attached hydrogen (secondary N) is 2. The summed E-state index contributed by atoms with van der Waals surface area (Å²) in [5.41, 5.74) is 4.40. The number of rotatable bonds is 6. The van der Waals surface area contributed by atoms with Crippen LogP contribution in [0.5, 0.6) is 0 Å². The number of aryl methyl sites for hydroxylation is 3. The third kappa shape index (κ3) is 3.50. The maximum Gasteiger partial charge on any atom is 0.271 e. The lowest BCUT2D eigenvalue weighted by atomic mass is 10.1. The van der Waals surface area contributed by atoms with Gasteiger partial charge in [0, 0.05) is 24.8 Å². The number of carbonyl (C=O) groups excluding carboxylic acids is 1. The SMILES string of the molecule is CCn1nc(C)c(CCNC(=O)c2cc(-c3ccc(C)o3)[nH]n2)c1C. The molecular weight excluding hydrogens is 318 g/mol. The van der Waals surface area contributed by atoms with Crippen molar-refractivity contribution >= 4 is 5.91 Å². The van der Waals surface area contributed by atoms with Crippen LogP contribution < -0.4 is 5.32 Å². The van der Waals surface area contributed by atoms with Gasteiger partial charge in [-0.25, -0.2) is 0 Å². The summed E-state index contributed by atoms with van der Waals surface area (Å²) in [4.78, 5) is 12.3. The molecule has 3 heterocycles. The topological polar surface area (TPSA) is 88.7 Å². The zero-order valence-corrected chi connectivity index (χ0v) is 15.0. The van der Waals surface area contributed by atoms with Crippen molar-refractivity contribution in [1.82, 2.24) is 25.3 Å². The molecule has 0 unspecified atom stereocenters. The average molecular weight is 341 g/mol.